The maximum atomic E-state index is 12.7. The van der Waals surface area contributed by atoms with Gasteiger partial charge in [-0.3, -0.25) is 9.59 Å². The van der Waals surface area contributed by atoms with E-state index < -0.39 is 21.8 Å². The molecule has 0 saturated carbocycles. The number of rotatable bonds is 4. The lowest BCUT2D eigenvalue weighted by atomic mass is 10.1. The third kappa shape index (κ3) is 3.48. The van der Waals surface area contributed by atoms with Crippen molar-refractivity contribution in [3.8, 4) is 0 Å². The standard InChI is InChI=1S/C19H20N2O4S/c1-14-13-26(24,25)21(18(14)22)17-10-6-9-16(11-17)19(23)20(2)12-15-7-4-3-5-8-15/h3-11,14H,12-13H2,1-2H3. The van der Waals surface area contributed by atoms with Crippen LogP contribution in [-0.2, 0) is 21.4 Å². The minimum Gasteiger partial charge on any atom is -0.337 e. The van der Waals surface area contributed by atoms with E-state index in [9.17, 15) is 18.0 Å². The molecule has 1 atom stereocenters. The molecule has 6 nitrogen and oxygen atoms in total. The molecule has 0 spiro atoms. The second-order valence-electron chi connectivity index (χ2n) is 6.48. The van der Waals surface area contributed by atoms with Gasteiger partial charge in [-0.25, -0.2) is 12.7 Å². The zero-order valence-electron chi connectivity index (χ0n) is 14.6. The molecule has 1 aliphatic rings. The summed E-state index contributed by atoms with van der Waals surface area (Å²) < 4.78 is 25.3. The van der Waals surface area contributed by atoms with Crippen molar-refractivity contribution in [3.63, 3.8) is 0 Å². The zero-order chi connectivity index (χ0) is 18.9. The molecule has 0 radical (unpaired) electrons. The number of benzene rings is 2. The van der Waals surface area contributed by atoms with Crippen LogP contribution in [0.3, 0.4) is 0 Å². The van der Waals surface area contributed by atoms with Crippen molar-refractivity contribution in [1.82, 2.24) is 4.90 Å². The molecule has 2 aromatic carbocycles. The number of hydrogen-bond donors (Lipinski definition) is 0. The van der Waals surface area contributed by atoms with Crippen LogP contribution in [0.15, 0.2) is 54.6 Å². The van der Waals surface area contributed by atoms with Gasteiger partial charge < -0.3 is 4.90 Å². The number of sulfonamides is 1. The maximum absolute atomic E-state index is 12.7. The molecule has 1 aliphatic heterocycles. The van der Waals surface area contributed by atoms with E-state index in [0.717, 1.165) is 9.87 Å². The topological polar surface area (TPSA) is 74.8 Å². The van der Waals surface area contributed by atoms with E-state index in [1.54, 1.807) is 31.0 Å². The van der Waals surface area contributed by atoms with Crippen LogP contribution in [0, 0.1) is 5.92 Å². The van der Waals surface area contributed by atoms with E-state index in [0.29, 0.717) is 12.1 Å². The molecule has 0 N–H and O–H groups in total. The molecule has 1 saturated heterocycles. The fourth-order valence-electron chi connectivity index (χ4n) is 3.00. The number of carbonyl (C=O) groups is 2. The second-order valence-corrected chi connectivity index (χ2v) is 8.34. The van der Waals surface area contributed by atoms with Crippen molar-refractivity contribution in [2.45, 2.75) is 13.5 Å². The predicted octanol–water partition coefficient (Wildman–Crippen LogP) is 2.27. The van der Waals surface area contributed by atoms with Crippen molar-refractivity contribution < 1.29 is 18.0 Å². The van der Waals surface area contributed by atoms with Crippen LogP contribution < -0.4 is 4.31 Å². The number of hydrogen-bond acceptors (Lipinski definition) is 4. The molecule has 7 heteroatoms. The van der Waals surface area contributed by atoms with Crippen LogP contribution in [0.4, 0.5) is 5.69 Å². The summed E-state index contributed by atoms with van der Waals surface area (Å²) in [6.07, 6.45) is 0. The SMILES string of the molecule is CC1CS(=O)(=O)N(c2cccc(C(=O)N(C)Cc3ccccc3)c2)C1=O. The van der Waals surface area contributed by atoms with Gasteiger partial charge in [-0.1, -0.05) is 43.3 Å². The van der Waals surface area contributed by atoms with Gasteiger partial charge in [-0.15, -0.1) is 0 Å². The molecule has 0 bridgehead atoms. The van der Waals surface area contributed by atoms with Gasteiger partial charge in [0.15, 0.2) is 0 Å². The summed E-state index contributed by atoms with van der Waals surface area (Å²) in [6.45, 7) is 2.02. The van der Waals surface area contributed by atoms with Crippen molar-refractivity contribution in [2.75, 3.05) is 17.1 Å². The van der Waals surface area contributed by atoms with Crippen LogP contribution in [-0.4, -0.2) is 37.9 Å². The molecular formula is C19H20N2O4S. The van der Waals surface area contributed by atoms with Gasteiger partial charge in [0.05, 0.1) is 17.4 Å². The number of nitrogens with zero attached hydrogens (tertiary/aromatic N) is 2. The lowest BCUT2D eigenvalue weighted by Gasteiger charge is -2.19. The largest absolute Gasteiger partial charge is 0.337 e. The van der Waals surface area contributed by atoms with Crippen molar-refractivity contribution >= 4 is 27.5 Å². The van der Waals surface area contributed by atoms with Crippen molar-refractivity contribution in [1.29, 1.82) is 0 Å². The fourth-order valence-corrected chi connectivity index (χ4v) is 4.81. The van der Waals surface area contributed by atoms with Crippen molar-refractivity contribution in [2.24, 2.45) is 5.92 Å². The van der Waals surface area contributed by atoms with Gasteiger partial charge in [0, 0.05) is 19.2 Å². The van der Waals surface area contributed by atoms with Crippen LogP contribution in [0.1, 0.15) is 22.8 Å². The van der Waals surface area contributed by atoms with Gasteiger partial charge in [0.1, 0.15) is 0 Å². The molecular weight excluding hydrogens is 352 g/mol. The van der Waals surface area contributed by atoms with E-state index in [-0.39, 0.29) is 17.3 Å². The molecule has 2 amide bonds. The Hall–Kier alpha value is -2.67. The first kappa shape index (κ1) is 18.1. The Morgan fingerprint density at radius 3 is 2.46 bits per heavy atom. The molecule has 1 unspecified atom stereocenters. The van der Waals surface area contributed by atoms with Crippen molar-refractivity contribution in [3.05, 3.63) is 65.7 Å². The maximum Gasteiger partial charge on any atom is 0.253 e. The molecule has 26 heavy (non-hydrogen) atoms. The highest BCUT2D eigenvalue weighted by molar-refractivity contribution is 7.94. The third-order valence-corrected chi connectivity index (χ3v) is 6.17. The lowest BCUT2D eigenvalue weighted by molar-refractivity contribution is -0.119. The molecule has 1 heterocycles. The van der Waals surface area contributed by atoms with Crippen LogP contribution in [0.25, 0.3) is 0 Å². The van der Waals surface area contributed by atoms with Gasteiger partial charge in [-0.05, 0) is 23.8 Å². The van der Waals surface area contributed by atoms with Gasteiger partial charge in [-0.2, -0.15) is 0 Å². The highest BCUT2D eigenvalue weighted by Crippen LogP contribution is 2.29. The number of amides is 2. The number of carbonyl (C=O) groups excluding carboxylic acids is 2. The van der Waals surface area contributed by atoms with Crippen LogP contribution in [0.5, 0.6) is 0 Å². The molecule has 1 fully saturated rings. The Morgan fingerprint density at radius 1 is 1.15 bits per heavy atom. The number of anilines is 1. The monoisotopic (exact) mass is 372 g/mol. The highest BCUT2D eigenvalue weighted by Gasteiger charge is 2.42. The van der Waals surface area contributed by atoms with Gasteiger partial charge in [0.2, 0.25) is 15.9 Å². The summed E-state index contributed by atoms with van der Waals surface area (Å²) in [6, 6.07) is 15.8. The Kier molecular flexibility index (Phi) is 4.82. The predicted molar refractivity (Wildman–Crippen MR) is 99.1 cm³/mol. The first-order valence-electron chi connectivity index (χ1n) is 8.26. The quantitative estimate of drug-likeness (QED) is 0.825. The molecule has 0 aromatic heterocycles. The fraction of sp³-hybridized carbons (Fsp3) is 0.263. The normalized spacial score (nSPS) is 18.8. The molecule has 136 valence electrons. The first-order chi connectivity index (χ1) is 12.3. The summed E-state index contributed by atoms with van der Waals surface area (Å²) in [5.74, 6) is -1.50. The average molecular weight is 372 g/mol. The van der Waals surface area contributed by atoms with E-state index in [4.69, 9.17) is 0 Å². The molecule has 2 aromatic rings. The average Bonchev–Trinajstić information content (AvgIpc) is 2.82. The molecule has 0 aliphatic carbocycles. The summed E-state index contributed by atoms with van der Waals surface area (Å²) in [4.78, 5) is 26.5. The Bertz CT molecular complexity index is 941. The zero-order valence-corrected chi connectivity index (χ0v) is 15.4. The van der Waals surface area contributed by atoms with Crippen LogP contribution in [0.2, 0.25) is 0 Å². The summed E-state index contributed by atoms with van der Waals surface area (Å²) in [5, 5.41) is 0. The van der Waals surface area contributed by atoms with E-state index in [1.165, 1.54) is 12.1 Å². The minimum atomic E-state index is -3.69. The lowest BCUT2D eigenvalue weighted by Crippen LogP contribution is -2.31. The van der Waals surface area contributed by atoms with E-state index in [2.05, 4.69) is 0 Å². The smallest absolute Gasteiger partial charge is 0.253 e. The van der Waals surface area contributed by atoms with Gasteiger partial charge in [0.25, 0.3) is 5.91 Å². The first-order valence-corrected chi connectivity index (χ1v) is 9.87. The minimum absolute atomic E-state index is 0.207. The van der Waals surface area contributed by atoms with E-state index >= 15 is 0 Å². The van der Waals surface area contributed by atoms with Crippen LogP contribution >= 0.6 is 0 Å². The Morgan fingerprint density at radius 2 is 1.85 bits per heavy atom. The Balaban J connectivity index is 1.85. The van der Waals surface area contributed by atoms with E-state index in [1.807, 2.05) is 30.3 Å². The highest BCUT2D eigenvalue weighted by atomic mass is 32.2. The Labute approximate surface area is 153 Å². The molecule has 3 rings (SSSR count). The second kappa shape index (κ2) is 6.92. The third-order valence-electron chi connectivity index (χ3n) is 4.30. The summed E-state index contributed by atoms with van der Waals surface area (Å²) in [5.41, 5.74) is 1.53. The van der Waals surface area contributed by atoms with Gasteiger partial charge >= 0.3 is 0 Å². The summed E-state index contributed by atoms with van der Waals surface area (Å²) >= 11 is 0. The summed E-state index contributed by atoms with van der Waals surface area (Å²) in [7, 11) is -2.01.